The van der Waals surface area contributed by atoms with Gasteiger partial charge in [-0.25, -0.2) is 9.78 Å². The highest BCUT2D eigenvalue weighted by atomic mass is 16.4. The van der Waals surface area contributed by atoms with Gasteiger partial charge in [0.25, 0.3) is 0 Å². The number of hydrogen-bond donors (Lipinski definition) is 5. The minimum Gasteiger partial charge on any atom is -0.480 e. The first-order chi connectivity index (χ1) is 14.8. The van der Waals surface area contributed by atoms with Crippen LogP contribution >= 0.6 is 0 Å². The van der Waals surface area contributed by atoms with Crippen LogP contribution in [0.3, 0.4) is 0 Å². The number of carboxylic acids is 1. The Balaban J connectivity index is 1.77. The highest BCUT2D eigenvalue weighted by molar-refractivity contribution is 5.94. The minimum absolute atomic E-state index is 0.0988. The van der Waals surface area contributed by atoms with Crippen LogP contribution in [-0.4, -0.2) is 97.5 Å². The lowest BCUT2D eigenvalue weighted by molar-refractivity contribution is -0.152. The zero-order valence-electron chi connectivity index (χ0n) is 17.1. The molecule has 0 radical (unpaired) electrons. The maximum absolute atomic E-state index is 13.3. The fraction of sp³-hybridized carbons (Fsp3) is 0.632. The van der Waals surface area contributed by atoms with Crippen LogP contribution in [-0.2, 0) is 25.6 Å². The number of hydrogen-bond acceptors (Lipinski definition) is 7. The van der Waals surface area contributed by atoms with E-state index in [1.165, 1.54) is 22.3 Å². The Morgan fingerprint density at radius 2 is 1.87 bits per heavy atom. The maximum atomic E-state index is 13.3. The molecule has 2 saturated heterocycles. The summed E-state index contributed by atoms with van der Waals surface area (Å²) >= 11 is 0. The number of likely N-dealkylation sites (tertiary alicyclic amines) is 2. The van der Waals surface area contributed by atoms with Gasteiger partial charge in [0.1, 0.15) is 24.2 Å². The van der Waals surface area contributed by atoms with E-state index >= 15 is 0 Å². The van der Waals surface area contributed by atoms with E-state index in [0.29, 0.717) is 44.5 Å². The lowest BCUT2D eigenvalue weighted by Gasteiger charge is -2.32. The largest absolute Gasteiger partial charge is 0.480 e. The molecule has 4 unspecified atom stereocenters. The van der Waals surface area contributed by atoms with Gasteiger partial charge in [0, 0.05) is 31.4 Å². The Kier molecular flexibility index (Phi) is 7.23. The molecule has 1 aromatic rings. The third-order valence-corrected chi connectivity index (χ3v) is 5.77. The van der Waals surface area contributed by atoms with Crippen molar-refractivity contribution in [3.63, 3.8) is 0 Å². The van der Waals surface area contributed by atoms with Crippen LogP contribution in [0.25, 0.3) is 0 Å². The van der Waals surface area contributed by atoms with Crippen molar-refractivity contribution in [2.24, 2.45) is 5.73 Å². The van der Waals surface area contributed by atoms with Crippen molar-refractivity contribution in [1.29, 1.82) is 0 Å². The van der Waals surface area contributed by atoms with Gasteiger partial charge in [-0.05, 0) is 25.7 Å². The second-order valence-corrected chi connectivity index (χ2v) is 7.85. The van der Waals surface area contributed by atoms with Gasteiger partial charge in [-0.1, -0.05) is 0 Å². The first-order valence-electron chi connectivity index (χ1n) is 10.3. The number of nitrogens with one attached hydrogen (secondary N) is 2. The van der Waals surface area contributed by atoms with Crippen molar-refractivity contribution < 1.29 is 29.4 Å². The number of carbonyl (C=O) groups is 4. The SMILES string of the molecule is NC(CO)C(=O)NC(Cc1cnc[nH]1)C(=O)N1CCCC1C(=O)N1CCCC1C(=O)O. The molecule has 3 heterocycles. The van der Waals surface area contributed by atoms with Crippen LogP contribution in [0.15, 0.2) is 12.5 Å². The van der Waals surface area contributed by atoms with Crippen LogP contribution < -0.4 is 11.1 Å². The molecular formula is C19H28N6O6. The lowest BCUT2D eigenvalue weighted by atomic mass is 10.1. The van der Waals surface area contributed by atoms with Gasteiger partial charge in [0.05, 0.1) is 12.9 Å². The molecule has 3 rings (SSSR count). The predicted octanol–water partition coefficient (Wildman–Crippen LogP) is -2.18. The van der Waals surface area contributed by atoms with Gasteiger partial charge >= 0.3 is 5.97 Å². The molecular weight excluding hydrogens is 408 g/mol. The van der Waals surface area contributed by atoms with Crippen LogP contribution in [0.2, 0.25) is 0 Å². The van der Waals surface area contributed by atoms with Gasteiger partial charge in [-0.3, -0.25) is 14.4 Å². The average molecular weight is 436 g/mol. The molecule has 3 amide bonds. The van der Waals surface area contributed by atoms with E-state index < -0.39 is 48.6 Å². The first kappa shape index (κ1) is 22.7. The zero-order chi connectivity index (χ0) is 22.5. The van der Waals surface area contributed by atoms with E-state index in [1.807, 2.05) is 0 Å². The van der Waals surface area contributed by atoms with Crippen LogP contribution in [0.5, 0.6) is 0 Å². The number of amides is 3. The van der Waals surface area contributed by atoms with Crippen molar-refractivity contribution in [3.8, 4) is 0 Å². The van der Waals surface area contributed by atoms with Gasteiger partial charge < -0.3 is 36.0 Å². The standard InChI is InChI=1S/C19H28N6O6/c20-12(9-26)16(27)23-13(7-11-8-21-10-22-11)17(28)24-5-1-3-14(24)18(29)25-6-2-4-15(25)19(30)31/h8,10,12-15,26H,1-7,9,20H2,(H,21,22)(H,23,27)(H,30,31). The molecule has 1 aromatic heterocycles. The molecule has 0 bridgehead atoms. The third-order valence-electron chi connectivity index (χ3n) is 5.77. The number of carboxylic acid groups (broad SMARTS) is 1. The van der Waals surface area contributed by atoms with E-state index in [-0.39, 0.29) is 12.3 Å². The summed E-state index contributed by atoms with van der Waals surface area (Å²) < 4.78 is 0. The average Bonchev–Trinajstić information content (AvgIpc) is 3.52. The number of nitrogens with two attached hydrogens (primary N) is 1. The molecule has 0 saturated carbocycles. The number of nitrogens with zero attached hydrogens (tertiary/aromatic N) is 3. The van der Waals surface area contributed by atoms with Crippen molar-refractivity contribution >= 4 is 23.7 Å². The van der Waals surface area contributed by atoms with E-state index in [9.17, 15) is 24.3 Å². The molecule has 2 aliphatic rings. The third kappa shape index (κ3) is 5.02. The van der Waals surface area contributed by atoms with Gasteiger partial charge in [-0.2, -0.15) is 0 Å². The quantitative estimate of drug-likeness (QED) is 0.305. The monoisotopic (exact) mass is 436 g/mol. The molecule has 12 nitrogen and oxygen atoms in total. The van der Waals surface area contributed by atoms with E-state index in [2.05, 4.69) is 15.3 Å². The number of aromatic amines is 1. The summed E-state index contributed by atoms with van der Waals surface area (Å²) in [4.78, 5) is 59.7. The van der Waals surface area contributed by atoms with Crippen LogP contribution in [0.4, 0.5) is 0 Å². The number of rotatable bonds is 8. The van der Waals surface area contributed by atoms with E-state index in [4.69, 9.17) is 10.8 Å². The predicted molar refractivity (Wildman–Crippen MR) is 106 cm³/mol. The molecule has 0 spiro atoms. The number of aliphatic carboxylic acids is 1. The molecule has 6 N–H and O–H groups in total. The Morgan fingerprint density at radius 1 is 1.19 bits per heavy atom. The second-order valence-electron chi connectivity index (χ2n) is 7.85. The zero-order valence-corrected chi connectivity index (χ0v) is 17.1. The van der Waals surface area contributed by atoms with Crippen molar-refractivity contribution in [3.05, 3.63) is 18.2 Å². The van der Waals surface area contributed by atoms with Crippen molar-refractivity contribution in [2.45, 2.75) is 56.3 Å². The first-order valence-corrected chi connectivity index (χ1v) is 10.3. The fourth-order valence-corrected chi connectivity index (χ4v) is 4.14. The summed E-state index contributed by atoms with van der Waals surface area (Å²) in [5, 5.41) is 21.1. The summed E-state index contributed by atoms with van der Waals surface area (Å²) in [5.74, 6) is -2.58. The number of aliphatic hydroxyl groups is 1. The van der Waals surface area contributed by atoms with Gasteiger partial charge in [0.15, 0.2) is 0 Å². The molecule has 2 aliphatic heterocycles. The highest BCUT2D eigenvalue weighted by Gasteiger charge is 2.43. The molecule has 0 aliphatic carbocycles. The van der Waals surface area contributed by atoms with Gasteiger partial charge in [-0.15, -0.1) is 0 Å². The number of H-pyrrole nitrogens is 1. The summed E-state index contributed by atoms with van der Waals surface area (Å²) in [5.41, 5.74) is 6.17. The number of aliphatic hydroxyl groups excluding tert-OH is 1. The second kappa shape index (κ2) is 9.88. The summed E-state index contributed by atoms with van der Waals surface area (Å²) in [6.45, 7) is 0.0867. The Bertz CT molecular complexity index is 815. The molecule has 0 aromatic carbocycles. The van der Waals surface area contributed by atoms with E-state index in [0.717, 1.165) is 0 Å². The molecule has 31 heavy (non-hydrogen) atoms. The topological polar surface area (TPSA) is 182 Å². The lowest BCUT2D eigenvalue weighted by Crippen LogP contribution is -2.57. The molecule has 4 atom stereocenters. The van der Waals surface area contributed by atoms with Gasteiger partial charge in [0.2, 0.25) is 17.7 Å². The summed E-state index contributed by atoms with van der Waals surface area (Å²) in [7, 11) is 0. The van der Waals surface area contributed by atoms with Crippen LogP contribution in [0, 0.1) is 0 Å². The number of aromatic nitrogens is 2. The Hall–Kier alpha value is -2.99. The summed E-state index contributed by atoms with van der Waals surface area (Å²) in [6, 6.07) is -3.87. The van der Waals surface area contributed by atoms with E-state index in [1.54, 1.807) is 0 Å². The highest BCUT2D eigenvalue weighted by Crippen LogP contribution is 2.25. The molecule has 170 valence electrons. The normalized spacial score (nSPS) is 22.9. The maximum Gasteiger partial charge on any atom is 0.326 e. The Morgan fingerprint density at radius 3 is 2.48 bits per heavy atom. The molecule has 2 fully saturated rings. The van der Waals surface area contributed by atoms with Crippen molar-refractivity contribution in [2.75, 3.05) is 19.7 Å². The number of carbonyl (C=O) groups excluding carboxylic acids is 3. The number of imidazole rings is 1. The minimum atomic E-state index is -1.19. The molecule has 12 heteroatoms. The fourth-order valence-electron chi connectivity index (χ4n) is 4.14. The van der Waals surface area contributed by atoms with Crippen molar-refractivity contribution in [1.82, 2.24) is 25.1 Å². The smallest absolute Gasteiger partial charge is 0.326 e. The summed E-state index contributed by atoms with van der Waals surface area (Å²) in [6.07, 6.45) is 5.07. The van der Waals surface area contributed by atoms with Crippen LogP contribution in [0.1, 0.15) is 31.4 Å². The Labute approximate surface area is 178 Å².